The van der Waals surface area contributed by atoms with Crippen LogP contribution in [-0.2, 0) is 23.9 Å². The quantitative estimate of drug-likeness (QED) is 0.158. The molecule has 0 aromatic carbocycles. The fraction of sp³-hybridized carbons (Fsp3) is 0.881. The number of carbonyl (C=O) groups is 3. The number of unbranched alkanes of at least 4 members (excludes halogenated alkanes) is 1. The van der Waals surface area contributed by atoms with Crippen LogP contribution < -0.4 is 0 Å². The van der Waals surface area contributed by atoms with Gasteiger partial charge in [-0.3, -0.25) is 14.4 Å². The van der Waals surface area contributed by atoms with Crippen LogP contribution in [0.5, 0.6) is 0 Å². The van der Waals surface area contributed by atoms with Crippen LogP contribution in [-0.4, -0.2) is 35.7 Å². The Hall–Kier alpha value is -1.85. The Morgan fingerprint density at radius 3 is 2.08 bits per heavy atom. The standard InChI is InChI=1S/C42H66O6/c1-11-12-23-47-34(43)28-24-29(37(28,4)5)35(44)48-32-17-18-39(8)30(38(32,6)7)16-19-41(10)31(39)14-13-27-33-26(25(2)3)15-20-42(33,36(45)46)22-21-40(27,41)9/h26-33H,2,11-24H2,1,3-10H3,(H,45,46)/t26-,27+,28+,29-,30-,31+,32-,33+,39-,40+,41+,42-/m0/s1. The maximum atomic E-state index is 13.8. The van der Waals surface area contributed by atoms with Gasteiger partial charge in [0, 0.05) is 5.41 Å². The number of aliphatic carboxylic acids is 1. The van der Waals surface area contributed by atoms with Gasteiger partial charge in [0.1, 0.15) is 6.10 Å². The van der Waals surface area contributed by atoms with Gasteiger partial charge >= 0.3 is 17.9 Å². The summed E-state index contributed by atoms with van der Waals surface area (Å²) in [4.78, 5) is 39.5. The molecular weight excluding hydrogens is 600 g/mol. The van der Waals surface area contributed by atoms with Gasteiger partial charge in [-0.25, -0.2) is 0 Å². The van der Waals surface area contributed by atoms with Crippen LogP contribution in [0.1, 0.15) is 146 Å². The smallest absolute Gasteiger partial charge is 0.309 e. The summed E-state index contributed by atoms with van der Waals surface area (Å²) in [7, 11) is 0. The summed E-state index contributed by atoms with van der Waals surface area (Å²) < 4.78 is 12.0. The van der Waals surface area contributed by atoms with Gasteiger partial charge in [0.2, 0.25) is 0 Å². The molecular formula is C42H66O6. The summed E-state index contributed by atoms with van der Waals surface area (Å²) >= 11 is 0. The van der Waals surface area contributed by atoms with Crippen LogP contribution in [0.3, 0.4) is 0 Å². The van der Waals surface area contributed by atoms with E-state index in [0.717, 1.165) is 77.0 Å². The summed E-state index contributed by atoms with van der Waals surface area (Å²) in [5, 5.41) is 10.7. The van der Waals surface area contributed by atoms with Gasteiger partial charge in [-0.05, 0) is 135 Å². The molecule has 0 heterocycles. The number of hydrogen-bond acceptors (Lipinski definition) is 5. The predicted octanol–water partition coefficient (Wildman–Crippen LogP) is 9.65. The maximum Gasteiger partial charge on any atom is 0.309 e. The molecule has 6 aliphatic carbocycles. The van der Waals surface area contributed by atoms with E-state index in [4.69, 9.17) is 9.47 Å². The van der Waals surface area contributed by atoms with E-state index in [2.05, 4.69) is 55.0 Å². The molecule has 6 aliphatic rings. The fourth-order valence-electron chi connectivity index (χ4n) is 14.1. The molecule has 0 radical (unpaired) electrons. The lowest BCUT2D eigenvalue weighted by molar-refractivity contribution is -0.252. The molecule has 6 nitrogen and oxygen atoms in total. The molecule has 6 fully saturated rings. The normalized spacial score (nSPS) is 46.9. The highest BCUT2D eigenvalue weighted by Gasteiger charge is 2.72. The molecule has 1 N–H and O–H groups in total. The third-order valence-corrected chi connectivity index (χ3v) is 17.3. The second kappa shape index (κ2) is 11.9. The Morgan fingerprint density at radius 1 is 0.771 bits per heavy atom. The van der Waals surface area contributed by atoms with E-state index in [-0.39, 0.29) is 57.5 Å². The van der Waals surface area contributed by atoms with Crippen LogP contribution in [0.4, 0.5) is 0 Å². The first-order valence-corrected chi connectivity index (χ1v) is 19.6. The summed E-state index contributed by atoms with van der Waals surface area (Å²) in [6.45, 7) is 25.5. The summed E-state index contributed by atoms with van der Waals surface area (Å²) in [6, 6.07) is 0. The average molecular weight is 667 g/mol. The van der Waals surface area contributed by atoms with Crippen molar-refractivity contribution in [2.45, 2.75) is 152 Å². The fourth-order valence-corrected chi connectivity index (χ4v) is 14.1. The Kier molecular flexibility index (Phi) is 8.88. The second-order valence-corrected chi connectivity index (χ2v) is 19.6. The molecule has 6 heteroatoms. The predicted molar refractivity (Wildman–Crippen MR) is 188 cm³/mol. The highest BCUT2D eigenvalue weighted by Crippen LogP contribution is 2.77. The molecule has 0 bridgehead atoms. The van der Waals surface area contributed by atoms with E-state index in [1.54, 1.807) is 0 Å². The number of carbonyl (C=O) groups excluding carboxylic acids is 2. The Labute approximate surface area is 290 Å². The van der Waals surface area contributed by atoms with E-state index >= 15 is 0 Å². The van der Waals surface area contributed by atoms with E-state index in [9.17, 15) is 19.5 Å². The first kappa shape index (κ1) is 36.0. The lowest BCUT2D eigenvalue weighted by Crippen LogP contribution is -2.67. The topological polar surface area (TPSA) is 89.9 Å². The molecule has 0 saturated heterocycles. The lowest BCUT2D eigenvalue weighted by atomic mass is 9.32. The second-order valence-electron chi connectivity index (χ2n) is 19.6. The number of ether oxygens (including phenoxy) is 2. The zero-order valence-corrected chi connectivity index (χ0v) is 31.7. The van der Waals surface area contributed by atoms with E-state index in [0.29, 0.717) is 36.7 Å². The number of carboxylic acid groups (broad SMARTS) is 1. The number of esters is 2. The maximum absolute atomic E-state index is 13.8. The van der Waals surface area contributed by atoms with Crippen molar-refractivity contribution in [3.63, 3.8) is 0 Å². The number of carboxylic acids is 1. The highest BCUT2D eigenvalue weighted by atomic mass is 16.5. The Morgan fingerprint density at radius 2 is 1.46 bits per heavy atom. The van der Waals surface area contributed by atoms with Crippen molar-refractivity contribution in [2.75, 3.05) is 6.61 Å². The monoisotopic (exact) mass is 666 g/mol. The first-order valence-electron chi connectivity index (χ1n) is 19.6. The van der Waals surface area contributed by atoms with Gasteiger partial charge in [0.25, 0.3) is 0 Å². The summed E-state index contributed by atoms with van der Waals surface area (Å²) in [5.74, 6) is 0.514. The van der Waals surface area contributed by atoms with Crippen molar-refractivity contribution in [1.29, 1.82) is 0 Å². The Balaban J connectivity index is 1.19. The SMILES string of the molecule is C=C(C)[C@@H]1CC[C@]2(C(=O)O)CC[C@]3(C)[C@H](CC[C@@H]4[C@@]5(C)CC[C@H](OC(=O)[C@@H]6C[C@H](C(=O)OCCCC)C6(C)C)C(C)(C)[C@@H]5CC[C@]43C)[C@@H]12. The molecule has 0 spiro atoms. The molecule has 48 heavy (non-hydrogen) atoms. The molecule has 0 amide bonds. The van der Waals surface area contributed by atoms with E-state index in [1.165, 1.54) is 5.57 Å². The molecule has 12 atom stereocenters. The van der Waals surface area contributed by atoms with Gasteiger partial charge in [0.15, 0.2) is 0 Å². The average Bonchev–Trinajstić information content (AvgIpc) is 3.40. The van der Waals surface area contributed by atoms with Crippen molar-refractivity contribution in [1.82, 2.24) is 0 Å². The van der Waals surface area contributed by atoms with Crippen LogP contribution >= 0.6 is 0 Å². The van der Waals surface area contributed by atoms with Crippen molar-refractivity contribution in [3.05, 3.63) is 12.2 Å². The molecule has 6 saturated carbocycles. The third kappa shape index (κ3) is 4.85. The van der Waals surface area contributed by atoms with Crippen molar-refractivity contribution in [2.24, 2.45) is 73.9 Å². The number of allylic oxidation sites excluding steroid dienone is 1. The minimum atomic E-state index is -0.591. The van der Waals surface area contributed by atoms with Crippen LogP contribution in [0.25, 0.3) is 0 Å². The van der Waals surface area contributed by atoms with Crippen LogP contribution in [0.2, 0.25) is 0 Å². The van der Waals surface area contributed by atoms with Gasteiger partial charge in [-0.15, -0.1) is 0 Å². The van der Waals surface area contributed by atoms with Crippen LogP contribution in [0.15, 0.2) is 12.2 Å². The van der Waals surface area contributed by atoms with Gasteiger partial charge in [-0.1, -0.05) is 74.0 Å². The minimum absolute atomic E-state index is 0.100. The summed E-state index contributed by atoms with van der Waals surface area (Å²) in [6.07, 6.45) is 12.3. The van der Waals surface area contributed by atoms with Crippen molar-refractivity contribution >= 4 is 17.9 Å². The zero-order valence-electron chi connectivity index (χ0n) is 31.7. The van der Waals surface area contributed by atoms with E-state index < -0.39 is 16.8 Å². The van der Waals surface area contributed by atoms with E-state index in [1.807, 2.05) is 13.8 Å². The largest absolute Gasteiger partial charge is 0.481 e. The van der Waals surface area contributed by atoms with Crippen molar-refractivity contribution in [3.8, 4) is 0 Å². The molecule has 270 valence electrons. The van der Waals surface area contributed by atoms with Gasteiger partial charge in [-0.2, -0.15) is 0 Å². The van der Waals surface area contributed by atoms with Crippen LogP contribution in [0, 0.1) is 73.9 Å². The lowest BCUT2D eigenvalue weighted by Gasteiger charge is -2.72. The molecule has 0 aliphatic heterocycles. The number of hydrogen-bond donors (Lipinski definition) is 1. The zero-order chi connectivity index (χ0) is 35.2. The molecule has 6 rings (SSSR count). The highest BCUT2D eigenvalue weighted by molar-refractivity contribution is 5.82. The molecule has 0 unspecified atom stereocenters. The third-order valence-electron chi connectivity index (χ3n) is 17.3. The molecule has 0 aromatic heterocycles. The molecule has 0 aromatic rings. The number of fused-ring (bicyclic) bond motifs is 7. The minimum Gasteiger partial charge on any atom is -0.481 e. The van der Waals surface area contributed by atoms with Gasteiger partial charge in [0.05, 0.1) is 23.9 Å². The Bertz CT molecular complexity index is 1330. The first-order chi connectivity index (χ1) is 22.3. The number of rotatable bonds is 8. The summed E-state index contributed by atoms with van der Waals surface area (Å²) in [5.41, 5.74) is 0.351. The van der Waals surface area contributed by atoms with Crippen molar-refractivity contribution < 1.29 is 29.0 Å². The van der Waals surface area contributed by atoms with Gasteiger partial charge < -0.3 is 14.6 Å².